The highest BCUT2D eigenvalue weighted by molar-refractivity contribution is 6.17. The molecule has 2 aromatic carbocycles. The van der Waals surface area contributed by atoms with Crippen molar-refractivity contribution in [1.82, 2.24) is 0 Å². The van der Waals surface area contributed by atoms with Crippen molar-refractivity contribution < 1.29 is 18.0 Å². The third-order valence-corrected chi connectivity index (χ3v) is 3.14. The summed E-state index contributed by atoms with van der Waals surface area (Å²) in [6, 6.07) is 7.93. The van der Waals surface area contributed by atoms with Crippen LogP contribution < -0.4 is 11.5 Å². The number of carbonyl (C=O) groups excluding carboxylic acids is 1. The van der Waals surface area contributed by atoms with Gasteiger partial charge in [0.2, 0.25) is 5.91 Å². The van der Waals surface area contributed by atoms with Gasteiger partial charge in [-0.25, -0.2) is 13.2 Å². The first-order chi connectivity index (χ1) is 10.8. The van der Waals surface area contributed by atoms with E-state index in [4.69, 9.17) is 16.9 Å². The van der Waals surface area contributed by atoms with E-state index >= 15 is 0 Å². The number of halogens is 3. The minimum Gasteiger partial charge on any atom is -0.396 e. The fourth-order valence-corrected chi connectivity index (χ4v) is 1.98. The van der Waals surface area contributed by atoms with E-state index in [1.54, 1.807) is 0 Å². The number of nitrogens with two attached hydrogens (primary N) is 2. The predicted molar refractivity (Wildman–Crippen MR) is 80.4 cm³/mol. The van der Waals surface area contributed by atoms with E-state index in [1.165, 1.54) is 24.3 Å². The Hall–Kier alpha value is -3.09. The lowest BCUT2D eigenvalue weighted by atomic mass is 9.99. The smallest absolute Gasteiger partial charge is 0.249 e. The van der Waals surface area contributed by atoms with E-state index in [0.717, 1.165) is 18.2 Å². The van der Waals surface area contributed by atoms with Crippen molar-refractivity contribution in [2.45, 2.75) is 0 Å². The lowest BCUT2D eigenvalue weighted by Gasteiger charge is -2.10. The second-order valence-corrected chi connectivity index (χ2v) is 4.64. The molecule has 0 unspecified atom stereocenters. The normalized spacial score (nSPS) is 11.8. The van der Waals surface area contributed by atoms with Gasteiger partial charge < -0.3 is 11.5 Å². The van der Waals surface area contributed by atoms with Gasteiger partial charge in [-0.1, -0.05) is 6.07 Å². The van der Waals surface area contributed by atoms with Crippen molar-refractivity contribution in [3.63, 3.8) is 0 Å². The molecule has 0 radical (unpaired) electrons. The summed E-state index contributed by atoms with van der Waals surface area (Å²) in [6.07, 6.45) is 0. The summed E-state index contributed by atoms with van der Waals surface area (Å²) in [4.78, 5) is 11.3. The summed E-state index contributed by atoms with van der Waals surface area (Å²) in [5, 5.41) is 7.80. The van der Waals surface area contributed by atoms with Crippen LogP contribution in [0.15, 0.2) is 48.3 Å². The minimum absolute atomic E-state index is 0.116. The highest BCUT2D eigenvalue weighted by Gasteiger charge is 2.22. The van der Waals surface area contributed by atoms with Crippen LogP contribution in [0.25, 0.3) is 5.70 Å². The number of benzene rings is 2. The first-order valence-electron chi connectivity index (χ1n) is 6.41. The fourth-order valence-electron chi connectivity index (χ4n) is 1.98. The quantitative estimate of drug-likeness (QED) is 0.756. The summed E-state index contributed by atoms with van der Waals surface area (Å²) >= 11 is 0. The first-order valence-corrected chi connectivity index (χ1v) is 6.41. The third kappa shape index (κ3) is 3.23. The maximum atomic E-state index is 14.4. The number of hydrogen-bond donors (Lipinski definition) is 3. The van der Waals surface area contributed by atoms with Crippen LogP contribution in [0.2, 0.25) is 0 Å². The highest BCUT2D eigenvalue weighted by atomic mass is 19.1. The van der Waals surface area contributed by atoms with E-state index in [0.29, 0.717) is 0 Å². The summed E-state index contributed by atoms with van der Waals surface area (Å²) in [5.41, 5.74) is 8.52. The van der Waals surface area contributed by atoms with Gasteiger partial charge in [0.05, 0.1) is 16.8 Å². The number of rotatable bonds is 4. The molecule has 0 saturated carbocycles. The Morgan fingerprint density at radius 3 is 2.17 bits per heavy atom. The van der Waals surface area contributed by atoms with Gasteiger partial charge in [0.15, 0.2) is 5.83 Å². The molecule has 2 rings (SSSR count). The average molecular weight is 319 g/mol. The standard InChI is InChI=1S/C16H12F3N3O/c17-9-6-4-8(5-7-9)14(20)13(19)15(21)12-10(16(22)23)2-1-3-11(12)18/h1-7,21H,20H2,(H2,22,23)/b14-13+,21-15?. The van der Waals surface area contributed by atoms with Crippen molar-refractivity contribution in [2.75, 3.05) is 0 Å². The number of nitrogens with one attached hydrogen (secondary N) is 1. The van der Waals surface area contributed by atoms with E-state index in [9.17, 15) is 18.0 Å². The Labute approximate surface area is 129 Å². The van der Waals surface area contributed by atoms with Crippen LogP contribution in [0, 0.1) is 17.0 Å². The van der Waals surface area contributed by atoms with Gasteiger partial charge in [-0.15, -0.1) is 0 Å². The summed E-state index contributed by atoms with van der Waals surface area (Å²) in [7, 11) is 0. The molecule has 0 atom stereocenters. The van der Waals surface area contributed by atoms with Gasteiger partial charge >= 0.3 is 0 Å². The Kier molecular flexibility index (Phi) is 4.49. The number of carbonyl (C=O) groups is 1. The molecule has 5 N–H and O–H groups in total. The van der Waals surface area contributed by atoms with Crippen LogP contribution in [-0.2, 0) is 0 Å². The third-order valence-electron chi connectivity index (χ3n) is 3.14. The van der Waals surface area contributed by atoms with E-state index < -0.39 is 40.3 Å². The van der Waals surface area contributed by atoms with Crippen molar-refractivity contribution in [3.05, 3.63) is 76.6 Å². The molecule has 0 aromatic heterocycles. The monoisotopic (exact) mass is 319 g/mol. The van der Waals surface area contributed by atoms with Crippen molar-refractivity contribution >= 4 is 17.3 Å². The Morgan fingerprint density at radius 2 is 1.61 bits per heavy atom. The number of primary amides is 1. The molecule has 23 heavy (non-hydrogen) atoms. The summed E-state index contributed by atoms with van der Waals surface area (Å²) in [6.45, 7) is 0. The Balaban J connectivity index is 2.54. The van der Waals surface area contributed by atoms with Gasteiger partial charge in [0, 0.05) is 5.56 Å². The molecule has 0 fully saturated rings. The summed E-state index contributed by atoms with van der Waals surface area (Å²) < 4.78 is 41.2. The number of hydrogen-bond acceptors (Lipinski definition) is 3. The molecule has 0 spiro atoms. The molecule has 0 bridgehead atoms. The van der Waals surface area contributed by atoms with E-state index in [2.05, 4.69) is 0 Å². The average Bonchev–Trinajstić information content (AvgIpc) is 2.53. The van der Waals surface area contributed by atoms with Gasteiger partial charge in [-0.3, -0.25) is 10.2 Å². The minimum atomic E-state index is -1.25. The van der Waals surface area contributed by atoms with Gasteiger partial charge in [0.1, 0.15) is 17.3 Å². The first kappa shape index (κ1) is 16.3. The second kappa shape index (κ2) is 6.35. The molecule has 118 valence electrons. The molecule has 7 heteroatoms. The Bertz CT molecular complexity index is 814. The molecule has 0 aliphatic carbocycles. The van der Waals surface area contributed by atoms with Crippen molar-refractivity contribution in [3.8, 4) is 0 Å². The van der Waals surface area contributed by atoms with Gasteiger partial charge in [-0.05, 0) is 36.4 Å². The number of allylic oxidation sites excluding steroid dienone is 1. The zero-order valence-electron chi connectivity index (χ0n) is 11.7. The maximum Gasteiger partial charge on any atom is 0.249 e. The molecule has 0 aliphatic heterocycles. The van der Waals surface area contributed by atoms with Gasteiger partial charge in [-0.2, -0.15) is 0 Å². The van der Waals surface area contributed by atoms with Crippen LogP contribution in [-0.4, -0.2) is 11.6 Å². The Morgan fingerprint density at radius 1 is 1.00 bits per heavy atom. The molecular weight excluding hydrogens is 307 g/mol. The van der Waals surface area contributed by atoms with Crippen molar-refractivity contribution in [1.29, 1.82) is 5.41 Å². The highest BCUT2D eigenvalue weighted by Crippen LogP contribution is 2.23. The molecule has 0 heterocycles. The van der Waals surface area contributed by atoms with E-state index in [1.807, 2.05) is 0 Å². The topological polar surface area (TPSA) is 93.0 Å². The second-order valence-electron chi connectivity index (χ2n) is 4.64. The molecular formula is C16H12F3N3O. The molecule has 4 nitrogen and oxygen atoms in total. The van der Waals surface area contributed by atoms with Crippen LogP contribution in [0.1, 0.15) is 21.5 Å². The molecule has 1 amide bonds. The molecule has 0 saturated heterocycles. The SMILES string of the molecule is N=C(/C(F)=C(\N)c1ccc(F)cc1)c1c(F)cccc1C(N)=O. The maximum absolute atomic E-state index is 14.4. The zero-order valence-corrected chi connectivity index (χ0v) is 11.7. The molecule has 2 aromatic rings. The lowest BCUT2D eigenvalue weighted by Crippen LogP contribution is -2.19. The van der Waals surface area contributed by atoms with Crippen molar-refractivity contribution in [2.24, 2.45) is 11.5 Å². The lowest BCUT2D eigenvalue weighted by molar-refractivity contribution is 0.0999. The van der Waals surface area contributed by atoms with Crippen LogP contribution in [0.4, 0.5) is 13.2 Å². The van der Waals surface area contributed by atoms with Crippen LogP contribution >= 0.6 is 0 Å². The van der Waals surface area contributed by atoms with Gasteiger partial charge in [0.25, 0.3) is 0 Å². The molecule has 0 aliphatic rings. The zero-order chi connectivity index (χ0) is 17.1. The summed E-state index contributed by atoms with van der Waals surface area (Å²) in [5.74, 6) is -3.77. The fraction of sp³-hybridized carbons (Fsp3) is 0. The van der Waals surface area contributed by atoms with E-state index in [-0.39, 0.29) is 11.1 Å². The largest absolute Gasteiger partial charge is 0.396 e. The van der Waals surface area contributed by atoms with Crippen LogP contribution in [0.3, 0.4) is 0 Å². The number of amides is 1. The van der Waals surface area contributed by atoms with Crippen LogP contribution in [0.5, 0.6) is 0 Å². The predicted octanol–water partition coefficient (Wildman–Crippen LogP) is 2.73.